The summed E-state index contributed by atoms with van der Waals surface area (Å²) in [6.07, 6.45) is 0.971. The van der Waals surface area contributed by atoms with Crippen molar-refractivity contribution in [2.45, 2.75) is 46.5 Å². The van der Waals surface area contributed by atoms with E-state index in [9.17, 15) is 5.11 Å². The van der Waals surface area contributed by atoms with Crippen LogP contribution < -0.4 is 0 Å². The summed E-state index contributed by atoms with van der Waals surface area (Å²) in [7, 11) is 0. The minimum absolute atomic E-state index is 0.215. The lowest BCUT2D eigenvalue weighted by Gasteiger charge is -2.21. The molecule has 0 radical (unpaired) electrons. The molecule has 0 aromatic heterocycles. The topological polar surface area (TPSA) is 20.2 Å². The number of rotatable bonds is 4. The molecule has 1 atom stereocenters. The number of aliphatic hydroxyl groups excluding tert-OH is 1. The van der Waals surface area contributed by atoms with Crippen molar-refractivity contribution in [3.63, 3.8) is 0 Å². The van der Waals surface area contributed by atoms with Crippen molar-refractivity contribution in [2.24, 2.45) is 11.8 Å². The Bertz CT molecular complexity index is 330. The second kappa shape index (κ2) is 5.68. The molecule has 0 saturated heterocycles. The minimum Gasteiger partial charge on any atom is -0.396 e. The zero-order chi connectivity index (χ0) is 13.1. The van der Waals surface area contributed by atoms with Crippen LogP contribution in [0, 0.1) is 11.8 Å². The predicted octanol–water partition coefficient (Wildman–Crippen LogP) is 3.79. The first-order chi connectivity index (χ1) is 7.84. The Morgan fingerprint density at radius 3 is 1.94 bits per heavy atom. The molecule has 0 aliphatic heterocycles. The van der Waals surface area contributed by atoms with Crippen LogP contribution in [0.1, 0.15) is 45.7 Å². The fraction of sp³-hybridized carbons (Fsp3) is 0.625. The molecule has 1 rings (SSSR count). The van der Waals surface area contributed by atoms with Gasteiger partial charge in [-0.3, -0.25) is 0 Å². The highest BCUT2D eigenvalue weighted by molar-refractivity contribution is 5.27. The molecule has 17 heavy (non-hydrogen) atoms. The summed E-state index contributed by atoms with van der Waals surface area (Å²) < 4.78 is 0. The van der Waals surface area contributed by atoms with Crippen molar-refractivity contribution in [2.75, 3.05) is 6.61 Å². The molecule has 0 spiro atoms. The first-order valence-electron chi connectivity index (χ1n) is 6.55. The fourth-order valence-corrected chi connectivity index (χ4v) is 1.95. The van der Waals surface area contributed by atoms with Gasteiger partial charge >= 0.3 is 0 Å². The Hall–Kier alpha value is -0.820. The standard InChI is InChI=1S/C16H26O/c1-12(2)14(11-17)10-13-6-8-15(9-7-13)16(3,4)5/h6-9,12,14,17H,10-11H2,1-5H3/t14-/m0/s1. The molecule has 0 saturated carbocycles. The van der Waals surface area contributed by atoms with Gasteiger partial charge in [0.05, 0.1) is 0 Å². The Labute approximate surface area is 106 Å². The Morgan fingerprint density at radius 1 is 1.06 bits per heavy atom. The van der Waals surface area contributed by atoms with Crippen LogP contribution in [0.25, 0.3) is 0 Å². The smallest absolute Gasteiger partial charge is 0.0464 e. The molecule has 0 aliphatic carbocycles. The van der Waals surface area contributed by atoms with Crippen LogP contribution in [-0.4, -0.2) is 11.7 Å². The van der Waals surface area contributed by atoms with E-state index in [4.69, 9.17) is 0 Å². The number of benzene rings is 1. The minimum atomic E-state index is 0.215. The molecular formula is C16H26O. The van der Waals surface area contributed by atoms with Crippen LogP contribution in [-0.2, 0) is 11.8 Å². The fourth-order valence-electron chi connectivity index (χ4n) is 1.95. The molecule has 1 aromatic carbocycles. The average Bonchev–Trinajstić information content (AvgIpc) is 2.25. The third kappa shape index (κ3) is 4.16. The van der Waals surface area contributed by atoms with Gasteiger partial charge in [0.2, 0.25) is 0 Å². The predicted molar refractivity (Wildman–Crippen MR) is 74.3 cm³/mol. The van der Waals surface area contributed by atoms with Crippen molar-refractivity contribution in [1.29, 1.82) is 0 Å². The largest absolute Gasteiger partial charge is 0.396 e. The van der Waals surface area contributed by atoms with E-state index in [-0.39, 0.29) is 12.0 Å². The zero-order valence-corrected chi connectivity index (χ0v) is 11.8. The van der Waals surface area contributed by atoms with Crippen molar-refractivity contribution in [1.82, 2.24) is 0 Å². The molecule has 1 aromatic rings. The first kappa shape index (κ1) is 14.2. The maximum absolute atomic E-state index is 9.34. The third-order valence-electron chi connectivity index (χ3n) is 3.50. The number of hydrogen-bond acceptors (Lipinski definition) is 1. The quantitative estimate of drug-likeness (QED) is 0.840. The van der Waals surface area contributed by atoms with Crippen molar-refractivity contribution in [3.8, 4) is 0 Å². The molecule has 1 nitrogen and oxygen atoms in total. The van der Waals surface area contributed by atoms with Crippen LogP contribution in [0.3, 0.4) is 0 Å². The number of aliphatic hydroxyl groups is 1. The van der Waals surface area contributed by atoms with E-state index in [2.05, 4.69) is 58.9 Å². The third-order valence-corrected chi connectivity index (χ3v) is 3.50. The number of hydrogen-bond donors (Lipinski definition) is 1. The second-order valence-corrected chi connectivity index (χ2v) is 6.34. The molecule has 1 N–H and O–H groups in total. The molecule has 0 bridgehead atoms. The SMILES string of the molecule is CC(C)[C@H](CO)Cc1ccc(C(C)(C)C)cc1. The van der Waals surface area contributed by atoms with Gasteiger partial charge in [-0.2, -0.15) is 0 Å². The lowest BCUT2D eigenvalue weighted by molar-refractivity contribution is 0.189. The van der Waals surface area contributed by atoms with E-state index in [1.165, 1.54) is 11.1 Å². The second-order valence-electron chi connectivity index (χ2n) is 6.34. The van der Waals surface area contributed by atoms with Gasteiger partial charge in [-0.15, -0.1) is 0 Å². The molecular weight excluding hydrogens is 208 g/mol. The van der Waals surface area contributed by atoms with E-state index in [0.717, 1.165) is 6.42 Å². The van der Waals surface area contributed by atoms with Gasteiger partial charge in [0.1, 0.15) is 0 Å². The maximum atomic E-state index is 9.34. The monoisotopic (exact) mass is 234 g/mol. The van der Waals surface area contributed by atoms with E-state index < -0.39 is 0 Å². The van der Waals surface area contributed by atoms with Crippen LogP contribution >= 0.6 is 0 Å². The lowest BCUT2D eigenvalue weighted by Crippen LogP contribution is -2.16. The van der Waals surface area contributed by atoms with Gasteiger partial charge in [-0.1, -0.05) is 58.9 Å². The summed E-state index contributed by atoms with van der Waals surface area (Å²) in [5.74, 6) is 0.901. The summed E-state index contributed by atoms with van der Waals surface area (Å²) in [6.45, 7) is 11.3. The maximum Gasteiger partial charge on any atom is 0.0464 e. The normalized spacial score (nSPS) is 14.1. The molecule has 0 fully saturated rings. The Balaban J connectivity index is 2.75. The molecule has 96 valence electrons. The Morgan fingerprint density at radius 2 is 1.59 bits per heavy atom. The van der Waals surface area contributed by atoms with Crippen LogP contribution in [0.2, 0.25) is 0 Å². The summed E-state index contributed by atoms with van der Waals surface area (Å²) in [5.41, 5.74) is 2.91. The van der Waals surface area contributed by atoms with Crippen molar-refractivity contribution in [3.05, 3.63) is 35.4 Å². The highest BCUT2D eigenvalue weighted by Gasteiger charge is 2.15. The molecule has 0 aliphatic rings. The highest BCUT2D eigenvalue weighted by Crippen LogP contribution is 2.23. The molecule has 0 amide bonds. The van der Waals surface area contributed by atoms with Crippen LogP contribution in [0.15, 0.2) is 24.3 Å². The van der Waals surface area contributed by atoms with Gasteiger partial charge in [0.15, 0.2) is 0 Å². The van der Waals surface area contributed by atoms with Gasteiger partial charge in [0.25, 0.3) is 0 Å². The summed E-state index contributed by atoms with van der Waals surface area (Å²) in [6, 6.07) is 8.82. The van der Waals surface area contributed by atoms with Crippen molar-refractivity contribution >= 4 is 0 Å². The van der Waals surface area contributed by atoms with Gasteiger partial charge in [-0.05, 0) is 34.8 Å². The average molecular weight is 234 g/mol. The van der Waals surface area contributed by atoms with E-state index >= 15 is 0 Å². The first-order valence-corrected chi connectivity index (χ1v) is 6.55. The molecule has 0 unspecified atom stereocenters. The molecule has 0 heterocycles. The van der Waals surface area contributed by atoms with Crippen molar-refractivity contribution < 1.29 is 5.11 Å². The molecule has 1 heteroatoms. The van der Waals surface area contributed by atoms with Gasteiger partial charge < -0.3 is 5.11 Å². The van der Waals surface area contributed by atoms with Gasteiger partial charge in [0, 0.05) is 6.61 Å². The van der Waals surface area contributed by atoms with E-state index in [0.29, 0.717) is 11.8 Å². The van der Waals surface area contributed by atoms with Gasteiger partial charge in [-0.25, -0.2) is 0 Å². The zero-order valence-electron chi connectivity index (χ0n) is 11.8. The summed E-state index contributed by atoms with van der Waals surface area (Å²) in [5, 5.41) is 9.34. The Kier molecular flexibility index (Phi) is 4.76. The van der Waals surface area contributed by atoms with E-state index in [1.807, 2.05) is 0 Å². The summed E-state index contributed by atoms with van der Waals surface area (Å²) >= 11 is 0. The van der Waals surface area contributed by atoms with Crippen LogP contribution in [0.4, 0.5) is 0 Å². The van der Waals surface area contributed by atoms with E-state index in [1.54, 1.807) is 0 Å². The highest BCUT2D eigenvalue weighted by atomic mass is 16.3. The van der Waals surface area contributed by atoms with Crippen LogP contribution in [0.5, 0.6) is 0 Å². The summed E-state index contributed by atoms with van der Waals surface area (Å²) in [4.78, 5) is 0. The lowest BCUT2D eigenvalue weighted by atomic mass is 9.85.